The van der Waals surface area contributed by atoms with E-state index in [1.165, 1.54) is 11.1 Å². The maximum atomic E-state index is 12.6. The van der Waals surface area contributed by atoms with Gasteiger partial charge in [-0.25, -0.2) is 0 Å². The standard InChI is InChI=1S/C25H25N3O/c1-16-6-8-23(9-7-16)27-25(29)22(15-26)14-21-13-19(4)28(20(21)5)24-11-17(2)10-18(3)12-24/h6-14H,1-5H3,(H,27,29)/b22-14-. The molecule has 0 spiro atoms. The quantitative estimate of drug-likeness (QED) is 0.473. The number of carbonyl (C=O) groups is 1. The molecular weight excluding hydrogens is 358 g/mol. The second-order valence-corrected chi connectivity index (χ2v) is 7.50. The van der Waals surface area contributed by atoms with Crippen LogP contribution in [-0.4, -0.2) is 10.5 Å². The molecule has 0 atom stereocenters. The summed E-state index contributed by atoms with van der Waals surface area (Å²) in [4.78, 5) is 12.6. The van der Waals surface area contributed by atoms with Gasteiger partial charge in [0, 0.05) is 22.8 Å². The predicted octanol–water partition coefficient (Wildman–Crippen LogP) is 5.57. The summed E-state index contributed by atoms with van der Waals surface area (Å²) in [6.45, 7) is 10.2. The van der Waals surface area contributed by atoms with E-state index in [0.29, 0.717) is 5.69 Å². The molecule has 0 saturated carbocycles. The summed E-state index contributed by atoms with van der Waals surface area (Å²) in [5, 5.41) is 12.3. The molecule has 0 aliphatic carbocycles. The summed E-state index contributed by atoms with van der Waals surface area (Å²) in [6, 6.07) is 17.9. The number of amides is 1. The van der Waals surface area contributed by atoms with E-state index in [9.17, 15) is 10.1 Å². The number of nitrogens with zero attached hydrogens (tertiary/aromatic N) is 2. The molecule has 146 valence electrons. The monoisotopic (exact) mass is 383 g/mol. The molecule has 29 heavy (non-hydrogen) atoms. The zero-order valence-electron chi connectivity index (χ0n) is 17.5. The molecule has 1 amide bonds. The van der Waals surface area contributed by atoms with Crippen molar-refractivity contribution in [1.82, 2.24) is 4.57 Å². The average Bonchev–Trinajstić information content (AvgIpc) is 2.94. The molecule has 1 heterocycles. The van der Waals surface area contributed by atoms with Gasteiger partial charge in [-0.05, 0) is 87.7 Å². The smallest absolute Gasteiger partial charge is 0.266 e. The van der Waals surface area contributed by atoms with E-state index in [2.05, 4.69) is 41.9 Å². The number of hydrogen-bond donors (Lipinski definition) is 1. The van der Waals surface area contributed by atoms with Gasteiger partial charge in [0.05, 0.1) is 0 Å². The van der Waals surface area contributed by atoms with E-state index in [0.717, 1.165) is 28.2 Å². The van der Waals surface area contributed by atoms with Gasteiger partial charge >= 0.3 is 0 Å². The zero-order valence-corrected chi connectivity index (χ0v) is 17.5. The van der Waals surface area contributed by atoms with Gasteiger partial charge < -0.3 is 9.88 Å². The number of rotatable bonds is 4. The van der Waals surface area contributed by atoms with Crippen LogP contribution in [0.5, 0.6) is 0 Å². The van der Waals surface area contributed by atoms with Gasteiger partial charge in [-0.15, -0.1) is 0 Å². The minimum absolute atomic E-state index is 0.0752. The lowest BCUT2D eigenvalue weighted by Gasteiger charge is -2.12. The molecule has 0 aliphatic heterocycles. The maximum Gasteiger partial charge on any atom is 0.266 e. The topological polar surface area (TPSA) is 57.8 Å². The van der Waals surface area contributed by atoms with Crippen LogP contribution in [0.1, 0.15) is 33.6 Å². The van der Waals surface area contributed by atoms with Crippen molar-refractivity contribution in [2.75, 3.05) is 5.32 Å². The Balaban J connectivity index is 1.95. The highest BCUT2D eigenvalue weighted by Crippen LogP contribution is 2.24. The summed E-state index contributed by atoms with van der Waals surface area (Å²) >= 11 is 0. The molecule has 2 aromatic carbocycles. The lowest BCUT2D eigenvalue weighted by atomic mass is 10.1. The van der Waals surface area contributed by atoms with Crippen molar-refractivity contribution >= 4 is 17.7 Å². The number of benzene rings is 2. The summed E-state index contributed by atoms with van der Waals surface area (Å²) < 4.78 is 2.15. The highest BCUT2D eigenvalue weighted by molar-refractivity contribution is 6.09. The molecule has 1 aromatic heterocycles. The first-order chi connectivity index (χ1) is 13.8. The van der Waals surface area contributed by atoms with Gasteiger partial charge in [0.15, 0.2) is 0 Å². The minimum atomic E-state index is -0.410. The van der Waals surface area contributed by atoms with Crippen LogP contribution in [0.2, 0.25) is 0 Å². The van der Waals surface area contributed by atoms with E-state index in [1.54, 1.807) is 6.08 Å². The Morgan fingerprint density at radius 2 is 1.55 bits per heavy atom. The number of nitriles is 1. The first kappa shape index (κ1) is 20.2. The van der Waals surface area contributed by atoms with Crippen LogP contribution in [0, 0.1) is 45.9 Å². The fourth-order valence-corrected chi connectivity index (χ4v) is 3.55. The maximum absolute atomic E-state index is 12.6. The van der Waals surface area contributed by atoms with Gasteiger partial charge in [0.25, 0.3) is 5.91 Å². The first-order valence-corrected chi connectivity index (χ1v) is 9.56. The average molecular weight is 383 g/mol. The normalized spacial score (nSPS) is 11.2. The molecule has 0 saturated heterocycles. The third-order valence-corrected chi connectivity index (χ3v) is 4.91. The van der Waals surface area contributed by atoms with Crippen LogP contribution < -0.4 is 5.32 Å². The lowest BCUT2D eigenvalue weighted by Crippen LogP contribution is -2.13. The fourth-order valence-electron chi connectivity index (χ4n) is 3.55. The highest BCUT2D eigenvalue weighted by Gasteiger charge is 2.14. The number of aromatic nitrogens is 1. The summed E-state index contributed by atoms with van der Waals surface area (Å²) in [5.41, 5.74) is 8.22. The molecule has 0 aliphatic rings. The molecule has 3 aromatic rings. The zero-order chi connectivity index (χ0) is 21.1. The fraction of sp³-hybridized carbons (Fsp3) is 0.200. The van der Waals surface area contributed by atoms with Crippen LogP contribution >= 0.6 is 0 Å². The van der Waals surface area contributed by atoms with E-state index < -0.39 is 5.91 Å². The molecule has 4 nitrogen and oxygen atoms in total. The highest BCUT2D eigenvalue weighted by atomic mass is 16.1. The SMILES string of the molecule is Cc1ccc(NC(=O)/C(C#N)=C\c2cc(C)n(-c3cc(C)cc(C)c3)c2C)cc1. The van der Waals surface area contributed by atoms with Crippen molar-refractivity contribution in [2.45, 2.75) is 34.6 Å². The molecule has 0 radical (unpaired) electrons. The third-order valence-electron chi connectivity index (χ3n) is 4.91. The Morgan fingerprint density at radius 1 is 0.931 bits per heavy atom. The van der Waals surface area contributed by atoms with Gasteiger partial charge in [-0.1, -0.05) is 23.8 Å². The largest absolute Gasteiger partial charge is 0.321 e. The second-order valence-electron chi connectivity index (χ2n) is 7.50. The van der Waals surface area contributed by atoms with Gasteiger partial charge in [0.1, 0.15) is 11.6 Å². The number of anilines is 1. The Morgan fingerprint density at radius 3 is 2.14 bits per heavy atom. The summed E-state index contributed by atoms with van der Waals surface area (Å²) in [6.07, 6.45) is 1.66. The molecule has 0 fully saturated rings. The van der Waals surface area contributed by atoms with Crippen molar-refractivity contribution in [3.63, 3.8) is 0 Å². The van der Waals surface area contributed by atoms with E-state index in [1.807, 2.05) is 57.2 Å². The van der Waals surface area contributed by atoms with Crippen molar-refractivity contribution in [1.29, 1.82) is 5.26 Å². The summed E-state index contributed by atoms with van der Waals surface area (Å²) in [5.74, 6) is -0.410. The van der Waals surface area contributed by atoms with Crippen LogP contribution in [0.3, 0.4) is 0 Å². The van der Waals surface area contributed by atoms with E-state index in [-0.39, 0.29) is 5.57 Å². The van der Waals surface area contributed by atoms with Crippen molar-refractivity contribution in [3.05, 3.63) is 87.7 Å². The van der Waals surface area contributed by atoms with Crippen LogP contribution in [0.15, 0.2) is 54.1 Å². The summed E-state index contributed by atoms with van der Waals surface area (Å²) in [7, 11) is 0. The third kappa shape index (κ3) is 4.47. The minimum Gasteiger partial charge on any atom is -0.321 e. The Labute approximate surface area is 172 Å². The molecule has 0 unspecified atom stereocenters. The number of aryl methyl sites for hydroxylation is 4. The molecule has 3 rings (SSSR count). The van der Waals surface area contributed by atoms with E-state index in [4.69, 9.17) is 0 Å². The van der Waals surface area contributed by atoms with Crippen molar-refractivity contribution in [2.24, 2.45) is 0 Å². The van der Waals surface area contributed by atoms with Crippen molar-refractivity contribution < 1.29 is 4.79 Å². The number of hydrogen-bond acceptors (Lipinski definition) is 2. The Hall–Kier alpha value is -3.58. The first-order valence-electron chi connectivity index (χ1n) is 9.56. The number of nitrogens with one attached hydrogen (secondary N) is 1. The Kier molecular flexibility index (Phi) is 5.70. The lowest BCUT2D eigenvalue weighted by molar-refractivity contribution is -0.112. The predicted molar refractivity (Wildman–Crippen MR) is 118 cm³/mol. The van der Waals surface area contributed by atoms with Gasteiger partial charge in [-0.2, -0.15) is 5.26 Å². The molecular formula is C25H25N3O. The van der Waals surface area contributed by atoms with Crippen molar-refractivity contribution in [3.8, 4) is 11.8 Å². The van der Waals surface area contributed by atoms with Crippen LogP contribution in [0.4, 0.5) is 5.69 Å². The van der Waals surface area contributed by atoms with Crippen LogP contribution in [-0.2, 0) is 4.79 Å². The molecule has 0 bridgehead atoms. The number of carbonyl (C=O) groups excluding carboxylic acids is 1. The Bertz CT molecular complexity index is 1120. The molecule has 1 N–H and O–H groups in total. The second kappa shape index (κ2) is 8.20. The van der Waals surface area contributed by atoms with Gasteiger partial charge in [-0.3, -0.25) is 4.79 Å². The molecule has 4 heteroatoms. The van der Waals surface area contributed by atoms with Crippen LogP contribution in [0.25, 0.3) is 11.8 Å². The van der Waals surface area contributed by atoms with Gasteiger partial charge in [0.2, 0.25) is 0 Å². The van der Waals surface area contributed by atoms with E-state index >= 15 is 0 Å².